The van der Waals surface area contributed by atoms with Gasteiger partial charge in [-0.25, -0.2) is 0 Å². The summed E-state index contributed by atoms with van der Waals surface area (Å²) < 4.78 is 0. The number of likely N-dealkylation sites (tertiary alicyclic amines) is 1. The van der Waals surface area contributed by atoms with E-state index in [1.54, 1.807) is 11.8 Å². The fraction of sp³-hybridized carbons (Fsp3) is 0.409. The molecule has 3 N–H and O–H groups in total. The van der Waals surface area contributed by atoms with Gasteiger partial charge in [-0.05, 0) is 42.5 Å². The summed E-state index contributed by atoms with van der Waals surface area (Å²) in [4.78, 5) is 15.8. The summed E-state index contributed by atoms with van der Waals surface area (Å²) in [7, 11) is 0. The van der Waals surface area contributed by atoms with Crippen molar-refractivity contribution in [2.75, 3.05) is 18.8 Å². The molecule has 142 valence electrons. The molecule has 0 aromatic heterocycles. The minimum absolute atomic E-state index is 0.170. The molecule has 4 nitrogen and oxygen atoms in total. The number of nitrogens with two attached hydrogens (primary N) is 1. The molecule has 1 aliphatic heterocycles. The lowest BCUT2D eigenvalue weighted by Gasteiger charge is -2.42. The molecule has 0 saturated carbocycles. The number of nitrogens with zero attached hydrogens (tertiary/aromatic N) is 1. The lowest BCUT2D eigenvalue weighted by Crippen LogP contribution is -2.50. The lowest BCUT2D eigenvalue weighted by atomic mass is 9.72. The molecule has 2 aliphatic rings. The van der Waals surface area contributed by atoms with E-state index in [2.05, 4.69) is 25.1 Å². The van der Waals surface area contributed by atoms with Crippen molar-refractivity contribution in [2.24, 2.45) is 5.73 Å². The van der Waals surface area contributed by atoms with Crippen LogP contribution in [-0.2, 0) is 10.2 Å². The predicted octanol–water partition coefficient (Wildman–Crippen LogP) is 3.02. The van der Waals surface area contributed by atoms with Crippen molar-refractivity contribution in [1.82, 2.24) is 4.90 Å². The van der Waals surface area contributed by atoms with Crippen LogP contribution in [-0.4, -0.2) is 40.9 Å². The molecule has 2 atom stereocenters. The van der Waals surface area contributed by atoms with E-state index in [4.69, 9.17) is 5.73 Å². The van der Waals surface area contributed by atoms with Crippen molar-refractivity contribution in [3.05, 3.63) is 65.2 Å². The second-order valence-electron chi connectivity index (χ2n) is 7.65. The molecule has 0 unspecified atom stereocenters. The van der Waals surface area contributed by atoms with Gasteiger partial charge in [0.2, 0.25) is 5.91 Å². The standard InChI is InChI=1S/C22H26N2O2S/c1-15-6-2-5-9-18(15)27-14-19(25)24-12-10-22(11-13-24)17-8-4-3-7-16(17)20(23)21(22)26/h2-9,20-21,26H,10-14,23H2,1H3/t20-,21+/m1/s1. The van der Waals surface area contributed by atoms with Crippen molar-refractivity contribution in [2.45, 2.75) is 42.2 Å². The van der Waals surface area contributed by atoms with E-state index in [0.717, 1.165) is 23.3 Å². The Labute approximate surface area is 164 Å². The third-order valence-corrected chi connectivity index (χ3v) is 7.38. The van der Waals surface area contributed by atoms with E-state index < -0.39 is 6.10 Å². The molecule has 5 heteroatoms. The normalized spacial score (nSPS) is 23.4. The van der Waals surface area contributed by atoms with Crippen LogP contribution in [0.1, 0.15) is 35.6 Å². The maximum absolute atomic E-state index is 12.7. The van der Waals surface area contributed by atoms with Crippen LogP contribution in [0.5, 0.6) is 0 Å². The van der Waals surface area contributed by atoms with Gasteiger partial charge in [-0.3, -0.25) is 4.79 Å². The van der Waals surface area contributed by atoms with Crippen LogP contribution in [0.4, 0.5) is 0 Å². The van der Waals surface area contributed by atoms with E-state index in [0.29, 0.717) is 18.8 Å². The SMILES string of the molecule is Cc1ccccc1SCC(=O)N1CCC2(CC1)c1ccccc1[C@@H](N)[C@@H]2O. The maximum Gasteiger partial charge on any atom is 0.232 e. The zero-order chi connectivity index (χ0) is 19.0. The Hall–Kier alpha value is -1.82. The van der Waals surface area contributed by atoms with Gasteiger partial charge < -0.3 is 15.7 Å². The number of fused-ring (bicyclic) bond motifs is 2. The third kappa shape index (κ3) is 3.18. The average Bonchev–Trinajstić information content (AvgIpc) is 2.90. The predicted molar refractivity (Wildman–Crippen MR) is 109 cm³/mol. The molecule has 27 heavy (non-hydrogen) atoms. The molecule has 0 bridgehead atoms. The highest BCUT2D eigenvalue weighted by atomic mass is 32.2. The Balaban J connectivity index is 1.42. The Morgan fingerprint density at radius 3 is 2.59 bits per heavy atom. The number of piperidine rings is 1. The molecular weight excluding hydrogens is 356 g/mol. The van der Waals surface area contributed by atoms with E-state index in [9.17, 15) is 9.90 Å². The first-order valence-corrected chi connectivity index (χ1v) is 10.5. The molecule has 1 fully saturated rings. The number of carbonyl (C=O) groups excluding carboxylic acids is 1. The monoisotopic (exact) mass is 382 g/mol. The average molecular weight is 383 g/mol. The largest absolute Gasteiger partial charge is 0.390 e. The highest BCUT2D eigenvalue weighted by Gasteiger charge is 2.51. The summed E-state index contributed by atoms with van der Waals surface area (Å²) >= 11 is 1.60. The quantitative estimate of drug-likeness (QED) is 0.801. The molecule has 0 radical (unpaired) electrons. The number of benzene rings is 2. The molecule has 1 aliphatic carbocycles. The van der Waals surface area contributed by atoms with Crippen molar-refractivity contribution in [1.29, 1.82) is 0 Å². The van der Waals surface area contributed by atoms with Gasteiger partial charge in [0.05, 0.1) is 17.9 Å². The van der Waals surface area contributed by atoms with E-state index in [1.807, 2.05) is 35.2 Å². The Bertz CT molecular complexity index is 846. The fourth-order valence-corrected chi connectivity index (χ4v) is 5.52. The summed E-state index contributed by atoms with van der Waals surface area (Å²) in [6, 6.07) is 15.9. The van der Waals surface area contributed by atoms with Gasteiger partial charge in [0.1, 0.15) is 0 Å². The van der Waals surface area contributed by atoms with Gasteiger partial charge in [-0.2, -0.15) is 0 Å². The summed E-state index contributed by atoms with van der Waals surface area (Å²) in [6.07, 6.45) is 0.952. The van der Waals surface area contributed by atoms with Crippen LogP contribution >= 0.6 is 11.8 Å². The van der Waals surface area contributed by atoms with E-state index in [1.165, 1.54) is 11.1 Å². The molecule has 1 heterocycles. The molecule has 1 spiro atoms. The third-order valence-electron chi connectivity index (χ3n) is 6.22. The molecule has 2 aromatic rings. The zero-order valence-corrected chi connectivity index (χ0v) is 16.4. The molecular formula is C22H26N2O2S. The van der Waals surface area contributed by atoms with Crippen LogP contribution in [0.3, 0.4) is 0 Å². The topological polar surface area (TPSA) is 66.6 Å². The van der Waals surface area contributed by atoms with Gasteiger partial charge in [0.25, 0.3) is 0 Å². The summed E-state index contributed by atoms with van der Waals surface area (Å²) in [6.45, 7) is 3.41. The van der Waals surface area contributed by atoms with Crippen LogP contribution < -0.4 is 5.73 Å². The number of hydrogen-bond donors (Lipinski definition) is 2. The first-order valence-electron chi connectivity index (χ1n) is 9.52. The maximum atomic E-state index is 12.7. The number of amides is 1. The van der Waals surface area contributed by atoms with Gasteiger partial charge in [-0.15, -0.1) is 11.8 Å². The highest BCUT2D eigenvalue weighted by Crippen LogP contribution is 2.50. The van der Waals surface area contributed by atoms with Gasteiger partial charge >= 0.3 is 0 Å². The van der Waals surface area contributed by atoms with Crippen LogP contribution in [0.2, 0.25) is 0 Å². The van der Waals surface area contributed by atoms with Crippen molar-refractivity contribution < 1.29 is 9.90 Å². The van der Waals surface area contributed by atoms with Gasteiger partial charge in [0, 0.05) is 23.4 Å². The van der Waals surface area contributed by atoms with Gasteiger partial charge in [0.15, 0.2) is 0 Å². The number of aryl methyl sites for hydroxylation is 1. The lowest BCUT2D eigenvalue weighted by molar-refractivity contribution is -0.130. The first kappa shape index (κ1) is 18.5. The molecule has 1 saturated heterocycles. The fourth-order valence-electron chi connectivity index (χ4n) is 4.58. The van der Waals surface area contributed by atoms with Crippen LogP contribution in [0.15, 0.2) is 53.4 Å². The number of aliphatic hydroxyl groups excluding tert-OH is 1. The minimum Gasteiger partial charge on any atom is -0.390 e. The van der Waals surface area contributed by atoms with Crippen molar-refractivity contribution in [3.8, 4) is 0 Å². The second kappa shape index (κ2) is 7.30. The molecule has 4 rings (SSSR count). The Kier molecular flexibility index (Phi) is 5.01. The number of thioether (sulfide) groups is 1. The molecule has 1 amide bonds. The number of aliphatic hydroxyl groups is 1. The summed E-state index contributed by atoms with van der Waals surface area (Å²) in [5.41, 5.74) is 9.40. The van der Waals surface area contributed by atoms with Crippen LogP contribution in [0, 0.1) is 6.92 Å². The minimum atomic E-state index is -0.575. The Morgan fingerprint density at radius 2 is 1.85 bits per heavy atom. The summed E-state index contributed by atoms with van der Waals surface area (Å²) in [5, 5.41) is 10.9. The Morgan fingerprint density at radius 1 is 1.19 bits per heavy atom. The van der Waals surface area contributed by atoms with Crippen molar-refractivity contribution >= 4 is 17.7 Å². The van der Waals surface area contributed by atoms with Crippen molar-refractivity contribution in [3.63, 3.8) is 0 Å². The molecule has 2 aromatic carbocycles. The van der Waals surface area contributed by atoms with E-state index >= 15 is 0 Å². The second-order valence-corrected chi connectivity index (χ2v) is 8.67. The highest BCUT2D eigenvalue weighted by molar-refractivity contribution is 8.00. The number of rotatable bonds is 3. The first-order chi connectivity index (χ1) is 13.0. The van der Waals surface area contributed by atoms with Crippen LogP contribution in [0.25, 0.3) is 0 Å². The summed E-state index contributed by atoms with van der Waals surface area (Å²) in [5.74, 6) is 0.624. The zero-order valence-electron chi connectivity index (χ0n) is 15.6. The number of hydrogen-bond acceptors (Lipinski definition) is 4. The van der Waals surface area contributed by atoms with Gasteiger partial charge in [-0.1, -0.05) is 42.5 Å². The van der Waals surface area contributed by atoms with E-state index in [-0.39, 0.29) is 17.4 Å². The smallest absolute Gasteiger partial charge is 0.232 e. The number of carbonyl (C=O) groups is 1.